The van der Waals surface area contributed by atoms with Crippen LogP contribution in [-0.2, 0) is 0 Å². The van der Waals surface area contributed by atoms with E-state index in [-0.39, 0.29) is 0 Å². The molecule has 66 valence electrons. The van der Waals surface area contributed by atoms with E-state index in [4.69, 9.17) is 16.1 Å². The van der Waals surface area contributed by atoms with Gasteiger partial charge in [0.15, 0.2) is 0 Å². The second-order valence-electron chi connectivity index (χ2n) is 2.52. The molecule has 0 bridgehead atoms. The monoisotopic (exact) mass is 257 g/mol. The van der Waals surface area contributed by atoms with E-state index in [9.17, 15) is 0 Å². The van der Waals surface area contributed by atoms with E-state index in [0.29, 0.717) is 9.69 Å². The summed E-state index contributed by atoms with van der Waals surface area (Å²) in [7, 11) is 0. The molecule has 0 amide bonds. The zero-order valence-corrected chi connectivity index (χ0v) is 8.84. The van der Waals surface area contributed by atoms with Crippen molar-refractivity contribution in [3.8, 4) is 11.3 Å². The van der Waals surface area contributed by atoms with Crippen molar-refractivity contribution in [3.63, 3.8) is 0 Å². The van der Waals surface area contributed by atoms with Gasteiger partial charge in [0, 0.05) is 16.7 Å². The van der Waals surface area contributed by atoms with Gasteiger partial charge in [-0.1, -0.05) is 28.9 Å². The van der Waals surface area contributed by atoms with E-state index < -0.39 is 0 Å². The molecule has 0 atom stereocenters. The molecule has 0 radical (unpaired) electrons. The quantitative estimate of drug-likeness (QED) is 0.778. The molecule has 0 aliphatic heterocycles. The third kappa shape index (κ3) is 1.92. The molecule has 1 aromatic heterocycles. The molecule has 2 rings (SSSR count). The minimum Gasteiger partial charge on any atom is -0.349 e. The maximum Gasteiger partial charge on any atom is 0.202 e. The Morgan fingerprint density at radius 2 is 1.92 bits per heavy atom. The van der Waals surface area contributed by atoms with Crippen molar-refractivity contribution >= 4 is 27.5 Å². The first-order valence-corrected chi connectivity index (χ1v) is 4.81. The summed E-state index contributed by atoms with van der Waals surface area (Å²) in [5.41, 5.74) is 1.78. The van der Waals surface area contributed by atoms with Crippen LogP contribution in [0.2, 0.25) is 5.02 Å². The molecule has 0 aliphatic rings. The summed E-state index contributed by atoms with van der Waals surface area (Å²) in [6.07, 6.45) is 0. The summed E-state index contributed by atoms with van der Waals surface area (Å²) in [6, 6.07) is 9.24. The highest BCUT2D eigenvalue weighted by Gasteiger charge is 2.03. The van der Waals surface area contributed by atoms with Crippen LogP contribution in [0.15, 0.2) is 39.5 Å². The van der Waals surface area contributed by atoms with Crippen molar-refractivity contribution in [2.45, 2.75) is 0 Å². The lowest BCUT2D eigenvalue weighted by Crippen LogP contribution is -1.74. The van der Waals surface area contributed by atoms with Crippen molar-refractivity contribution < 1.29 is 4.52 Å². The molecule has 0 unspecified atom stereocenters. The van der Waals surface area contributed by atoms with E-state index >= 15 is 0 Å². The van der Waals surface area contributed by atoms with Crippen molar-refractivity contribution in [1.29, 1.82) is 0 Å². The Kier molecular flexibility index (Phi) is 2.38. The summed E-state index contributed by atoms with van der Waals surface area (Å²) < 4.78 is 5.51. The Labute approximate surface area is 88.6 Å². The standard InChI is InChI=1S/C9H5BrClNO/c10-9-5-8(12-13-9)6-1-3-7(11)4-2-6/h1-5H. The summed E-state index contributed by atoms with van der Waals surface area (Å²) >= 11 is 8.94. The lowest BCUT2D eigenvalue weighted by atomic mass is 10.2. The fourth-order valence-electron chi connectivity index (χ4n) is 1.01. The lowest BCUT2D eigenvalue weighted by Gasteiger charge is -1.93. The van der Waals surface area contributed by atoms with Crippen LogP contribution in [0.4, 0.5) is 0 Å². The molecule has 0 fully saturated rings. The van der Waals surface area contributed by atoms with E-state index in [1.165, 1.54) is 0 Å². The van der Waals surface area contributed by atoms with E-state index in [0.717, 1.165) is 11.3 Å². The Morgan fingerprint density at radius 3 is 2.46 bits per heavy atom. The van der Waals surface area contributed by atoms with Gasteiger partial charge in [0.2, 0.25) is 4.67 Å². The highest BCUT2D eigenvalue weighted by Crippen LogP contribution is 2.23. The van der Waals surface area contributed by atoms with Gasteiger partial charge in [0.05, 0.1) is 0 Å². The molecule has 13 heavy (non-hydrogen) atoms. The average molecular weight is 259 g/mol. The zero-order valence-electron chi connectivity index (χ0n) is 6.50. The third-order valence-corrected chi connectivity index (χ3v) is 2.25. The SMILES string of the molecule is Clc1ccc(-c2cc(Br)on2)cc1. The molecular formula is C9H5BrClNO. The van der Waals surface area contributed by atoms with Crippen molar-refractivity contribution in [2.75, 3.05) is 0 Å². The van der Waals surface area contributed by atoms with Gasteiger partial charge >= 0.3 is 0 Å². The predicted molar refractivity (Wildman–Crippen MR) is 54.6 cm³/mol. The number of hydrogen-bond acceptors (Lipinski definition) is 2. The Bertz CT molecular complexity index is 410. The molecule has 4 heteroatoms. The molecular weight excluding hydrogens is 253 g/mol. The van der Waals surface area contributed by atoms with E-state index in [1.54, 1.807) is 0 Å². The van der Waals surface area contributed by atoms with E-state index in [1.807, 2.05) is 30.3 Å². The number of aromatic nitrogens is 1. The van der Waals surface area contributed by atoms with Crippen molar-refractivity contribution in [1.82, 2.24) is 5.16 Å². The van der Waals surface area contributed by atoms with Crippen molar-refractivity contribution in [3.05, 3.63) is 40.0 Å². The van der Waals surface area contributed by atoms with Gasteiger partial charge in [-0.2, -0.15) is 0 Å². The van der Waals surface area contributed by atoms with Gasteiger partial charge in [0.1, 0.15) is 5.69 Å². The third-order valence-electron chi connectivity index (χ3n) is 1.62. The van der Waals surface area contributed by atoms with Gasteiger partial charge in [-0.05, 0) is 28.1 Å². The minimum absolute atomic E-state index is 0.623. The van der Waals surface area contributed by atoms with E-state index in [2.05, 4.69) is 21.1 Å². The van der Waals surface area contributed by atoms with Crippen LogP contribution in [0.5, 0.6) is 0 Å². The molecule has 2 nitrogen and oxygen atoms in total. The molecule has 0 N–H and O–H groups in total. The topological polar surface area (TPSA) is 26.0 Å². The molecule has 1 heterocycles. The van der Waals surface area contributed by atoms with Crippen LogP contribution >= 0.6 is 27.5 Å². The molecule has 2 aromatic rings. The second kappa shape index (κ2) is 3.52. The summed E-state index contributed by atoms with van der Waals surface area (Å²) in [4.78, 5) is 0. The average Bonchev–Trinajstić information content (AvgIpc) is 2.53. The maximum absolute atomic E-state index is 5.75. The van der Waals surface area contributed by atoms with Crippen LogP contribution in [0.25, 0.3) is 11.3 Å². The van der Waals surface area contributed by atoms with Crippen LogP contribution in [0.3, 0.4) is 0 Å². The Morgan fingerprint density at radius 1 is 1.23 bits per heavy atom. The second-order valence-corrected chi connectivity index (χ2v) is 3.74. The van der Waals surface area contributed by atoms with Crippen LogP contribution < -0.4 is 0 Å². The van der Waals surface area contributed by atoms with Crippen LogP contribution in [0.1, 0.15) is 0 Å². The Hall–Kier alpha value is -0.800. The first-order chi connectivity index (χ1) is 6.25. The Balaban J connectivity index is 2.41. The number of rotatable bonds is 1. The summed E-state index contributed by atoms with van der Waals surface area (Å²) in [5.74, 6) is 0. The number of benzene rings is 1. The number of halogens is 2. The lowest BCUT2D eigenvalue weighted by molar-refractivity contribution is 0.402. The highest BCUT2D eigenvalue weighted by molar-refractivity contribution is 9.10. The first kappa shape index (κ1) is 8.78. The molecule has 0 spiro atoms. The van der Waals surface area contributed by atoms with Crippen LogP contribution in [0, 0.1) is 0 Å². The van der Waals surface area contributed by atoms with Gasteiger partial charge in [0.25, 0.3) is 0 Å². The number of hydrogen-bond donors (Lipinski definition) is 0. The van der Waals surface area contributed by atoms with Gasteiger partial charge in [-0.3, -0.25) is 0 Å². The molecule has 1 aromatic carbocycles. The normalized spacial score (nSPS) is 10.3. The number of nitrogens with zero attached hydrogens (tertiary/aromatic N) is 1. The first-order valence-electron chi connectivity index (χ1n) is 3.64. The van der Waals surface area contributed by atoms with Gasteiger partial charge in [-0.15, -0.1) is 0 Å². The minimum atomic E-state index is 0.623. The smallest absolute Gasteiger partial charge is 0.202 e. The van der Waals surface area contributed by atoms with Crippen molar-refractivity contribution in [2.24, 2.45) is 0 Å². The zero-order chi connectivity index (χ0) is 9.26. The summed E-state index contributed by atoms with van der Waals surface area (Å²) in [5, 5.41) is 4.56. The van der Waals surface area contributed by atoms with Gasteiger partial charge in [-0.25, -0.2) is 0 Å². The molecule has 0 saturated carbocycles. The van der Waals surface area contributed by atoms with Gasteiger partial charge < -0.3 is 4.52 Å². The molecule has 0 aliphatic carbocycles. The largest absolute Gasteiger partial charge is 0.349 e. The fourth-order valence-corrected chi connectivity index (χ4v) is 1.42. The fraction of sp³-hybridized carbons (Fsp3) is 0. The van der Waals surface area contributed by atoms with Crippen LogP contribution in [-0.4, -0.2) is 5.16 Å². The predicted octanol–water partition coefficient (Wildman–Crippen LogP) is 3.76. The summed E-state index contributed by atoms with van der Waals surface area (Å²) in [6.45, 7) is 0. The highest BCUT2D eigenvalue weighted by atomic mass is 79.9. The maximum atomic E-state index is 5.75. The molecule has 0 saturated heterocycles.